The molecule has 1 rings (SSSR count). The molecule has 0 radical (unpaired) electrons. The lowest BCUT2D eigenvalue weighted by Gasteiger charge is -2.25. The van der Waals surface area contributed by atoms with Crippen molar-refractivity contribution in [1.82, 2.24) is 10.2 Å². The van der Waals surface area contributed by atoms with E-state index in [-0.39, 0.29) is 24.5 Å². The Labute approximate surface area is 135 Å². The Kier molecular flexibility index (Phi) is 6.93. The number of hydrogen-bond acceptors (Lipinski definition) is 3. The van der Waals surface area contributed by atoms with Crippen LogP contribution in [0, 0.1) is 11.6 Å². The highest BCUT2D eigenvalue weighted by molar-refractivity contribution is 7.91. The molecule has 1 aromatic carbocycles. The van der Waals surface area contributed by atoms with Crippen LogP contribution >= 0.6 is 0 Å². The number of carbonyl (C=O) groups is 1. The van der Waals surface area contributed by atoms with Gasteiger partial charge >= 0.3 is 6.03 Å². The van der Waals surface area contributed by atoms with Gasteiger partial charge in [0.15, 0.2) is 9.84 Å². The van der Waals surface area contributed by atoms with Crippen LogP contribution in [0.2, 0.25) is 0 Å². The lowest BCUT2D eigenvalue weighted by atomic mass is 10.1. The number of halogens is 2. The summed E-state index contributed by atoms with van der Waals surface area (Å²) >= 11 is 0. The number of nitrogens with zero attached hydrogens (tertiary/aromatic N) is 1. The molecule has 23 heavy (non-hydrogen) atoms. The van der Waals surface area contributed by atoms with Crippen LogP contribution < -0.4 is 5.32 Å². The minimum absolute atomic E-state index is 0.0244. The summed E-state index contributed by atoms with van der Waals surface area (Å²) in [6.45, 7) is 3.37. The molecule has 0 saturated carbocycles. The first-order valence-corrected chi connectivity index (χ1v) is 9.13. The van der Waals surface area contributed by atoms with E-state index in [4.69, 9.17) is 0 Å². The average molecular weight is 348 g/mol. The Morgan fingerprint density at radius 3 is 2.57 bits per heavy atom. The van der Waals surface area contributed by atoms with Crippen molar-refractivity contribution in [2.75, 3.05) is 25.1 Å². The Bertz CT molecular complexity index is 650. The summed E-state index contributed by atoms with van der Waals surface area (Å²) in [5.41, 5.74) is 0.302. The van der Waals surface area contributed by atoms with Crippen molar-refractivity contribution in [3.8, 4) is 0 Å². The zero-order valence-corrected chi connectivity index (χ0v) is 14.3. The molecule has 1 atom stereocenters. The predicted molar refractivity (Wildman–Crippen MR) is 85.0 cm³/mol. The van der Waals surface area contributed by atoms with E-state index in [2.05, 4.69) is 5.32 Å². The molecule has 8 heteroatoms. The molecule has 0 unspecified atom stereocenters. The number of rotatable bonds is 7. The monoisotopic (exact) mass is 348 g/mol. The number of carbonyl (C=O) groups excluding carboxylic acids is 1. The van der Waals surface area contributed by atoms with Crippen LogP contribution in [0.5, 0.6) is 0 Å². The van der Waals surface area contributed by atoms with Crippen LogP contribution in [0.25, 0.3) is 0 Å². The number of nitrogens with one attached hydrogen (secondary N) is 1. The number of hydrogen-bond donors (Lipinski definition) is 1. The van der Waals surface area contributed by atoms with E-state index < -0.39 is 33.5 Å². The van der Waals surface area contributed by atoms with Crippen LogP contribution in [-0.2, 0) is 16.3 Å². The first kappa shape index (κ1) is 19.3. The maximum absolute atomic E-state index is 13.5. The van der Waals surface area contributed by atoms with Crippen molar-refractivity contribution in [3.63, 3.8) is 0 Å². The number of amides is 2. The van der Waals surface area contributed by atoms with E-state index in [1.54, 1.807) is 13.8 Å². The third-order valence-corrected chi connectivity index (χ3v) is 5.47. The summed E-state index contributed by atoms with van der Waals surface area (Å²) in [6, 6.07) is 2.37. The zero-order valence-electron chi connectivity index (χ0n) is 13.5. The van der Waals surface area contributed by atoms with Gasteiger partial charge in [-0.15, -0.1) is 0 Å². The second-order valence-electron chi connectivity index (χ2n) is 5.38. The quantitative estimate of drug-likeness (QED) is 0.819. The molecule has 5 nitrogen and oxygen atoms in total. The third kappa shape index (κ3) is 6.13. The molecule has 0 bridgehead atoms. The highest BCUT2D eigenvalue weighted by atomic mass is 32.2. The summed E-state index contributed by atoms with van der Waals surface area (Å²) < 4.78 is 49.4. The molecule has 0 heterocycles. The normalized spacial score (nSPS) is 12.7. The number of urea groups is 1. The SMILES string of the molecule is CCS(=O)(=O)C[C@H](C)N(C)C(=O)NCCc1ccc(F)cc1F. The second kappa shape index (κ2) is 8.24. The second-order valence-corrected chi connectivity index (χ2v) is 7.77. The van der Waals surface area contributed by atoms with E-state index in [1.807, 2.05) is 0 Å². The molecule has 0 spiro atoms. The van der Waals surface area contributed by atoms with Crippen LogP contribution in [0.3, 0.4) is 0 Å². The van der Waals surface area contributed by atoms with Crippen molar-refractivity contribution < 1.29 is 22.0 Å². The molecule has 0 aliphatic carbocycles. The molecule has 1 aromatic rings. The highest BCUT2D eigenvalue weighted by Gasteiger charge is 2.21. The number of benzene rings is 1. The standard InChI is InChI=1S/C15H22F2N2O3S/c1-4-23(21,22)10-11(2)19(3)15(20)18-8-7-12-5-6-13(16)9-14(12)17/h5-6,9,11H,4,7-8,10H2,1-3H3,(H,18,20)/t11-/m0/s1. The average Bonchev–Trinajstić information content (AvgIpc) is 2.48. The largest absolute Gasteiger partial charge is 0.338 e. The minimum atomic E-state index is -3.18. The highest BCUT2D eigenvalue weighted by Crippen LogP contribution is 2.09. The van der Waals surface area contributed by atoms with Crippen molar-refractivity contribution in [1.29, 1.82) is 0 Å². The van der Waals surface area contributed by atoms with Crippen LogP contribution in [0.4, 0.5) is 13.6 Å². The Morgan fingerprint density at radius 1 is 1.35 bits per heavy atom. The lowest BCUT2D eigenvalue weighted by Crippen LogP contribution is -2.45. The Morgan fingerprint density at radius 2 is 2.00 bits per heavy atom. The van der Waals surface area contributed by atoms with Gasteiger partial charge in [0, 0.05) is 31.5 Å². The van der Waals surface area contributed by atoms with Crippen LogP contribution in [0.15, 0.2) is 18.2 Å². The lowest BCUT2D eigenvalue weighted by molar-refractivity contribution is 0.198. The maximum atomic E-state index is 13.5. The Hall–Kier alpha value is -1.70. The fourth-order valence-corrected chi connectivity index (χ4v) is 3.14. The molecule has 0 aliphatic heterocycles. The first-order chi connectivity index (χ1) is 10.7. The smallest absolute Gasteiger partial charge is 0.317 e. The summed E-state index contributed by atoms with van der Waals surface area (Å²) in [5, 5.41) is 2.59. The minimum Gasteiger partial charge on any atom is -0.338 e. The fourth-order valence-electron chi connectivity index (χ4n) is 1.95. The Balaban J connectivity index is 2.49. The van der Waals surface area contributed by atoms with Gasteiger partial charge in [-0.3, -0.25) is 0 Å². The fraction of sp³-hybridized carbons (Fsp3) is 0.533. The molecule has 0 saturated heterocycles. The molecule has 1 N–H and O–H groups in total. The third-order valence-electron chi connectivity index (χ3n) is 3.60. The van der Waals surface area contributed by atoms with E-state index in [1.165, 1.54) is 18.0 Å². The molecule has 2 amide bonds. The maximum Gasteiger partial charge on any atom is 0.317 e. The molecule has 0 aliphatic rings. The van der Waals surface area contributed by atoms with Crippen molar-refractivity contribution in [3.05, 3.63) is 35.4 Å². The van der Waals surface area contributed by atoms with E-state index >= 15 is 0 Å². The molecule has 0 aromatic heterocycles. The molecular weight excluding hydrogens is 326 g/mol. The summed E-state index contributed by atoms with van der Waals surface area (Å²) in [6.07, 6.45) is 0.216. The van der Waals surface area contributed by atoms with Gasteiger partial charge in [-0.2, -0.15) is 0 Å². The molecular formula is C15H22F2N2O3S. The van der Waals surface area contributed by atoms with E-state index in [0.717, 1.165) is 12.1 Å². The van der Waals surface area contributed by atoms with Gasteiger partial charge < -0.3 is 10.2 Å². The van der Waals surface area contributed by atoms with Crippen molar-refractivity contribution >= 4 is 15.9 Å². The van der Waals surface area contributed by atoms with Gasteiger partial charge in [0.1, 0.15) is 11.6 Å². The summed E-state index contributed by atoms with van der Waals surface area (Å²) in [4.78, 5) is 13.3. The van der Waals surface area contributed by atoms with E-state index in [0.29, 0.717) is 5.56 Å². The van der Waals surface area contributed by atoms with Gasteiger partial charge in [0.05, 0.1) is 5.75 Å². The predicted octanol–water partition coefficient (Wildman–Crippen LogP) is 1.97. The molecule has 0 fully saturated rings. The van der Waals surface area contributed by atoms with Gasteiger partial charge in [-0.05, 0) is 25.0 Å². The van der Waals surface area contributed by atoms with Crippen LogP contribution in [0.1, 0.15) is 19.4 Å². The van der Waals surface area contributed by atoms with Gasteiger partial charge in [-0.1, -0.05) is 13.0 Å². The first-order valence-electron chi connectivity index (χ1n) is 7.31. The van der Waals surface area contributed by atoms with Gasteiger partial charge in [0.2, 0.25) is 0 Å². The van der Waals surface area contributed by atoms with Crippen molar-refractivity contribution in [2.24, 2.45) is 0 Å². The zero-order chi connectivity index (χ0) is 17.6. The van der Waals surface area contributed by atoms with Gasteiger partial charge in [-0.25, -0.2) is 22.0 Å². The number of sulfone groups is 1. The van der Waals surface area contributed by atoms with Crippen molar-refractivity contribution in [2.45, 2.75) is 26.3 Å². The summed E-state index contributed by atoms with van der Waals surface area (Å²) in [5.74, 6) is -1.40. The van der Waals surface area contributed by atoms with Crippen LogP contribution in [-0.4, -0.2) is 50.5 Å². The summed E-state index contributed by atoms with van der Waals surface area (Å²) in [7, 11) is -1.67. The topological polar surface area (TPSA) is 66.5 Å². The molecule has 130 valence electrons. The van der Waals surface area contributed by atoms with Gasteiger partial charge in [0.25, 0.3) is 0 Å². The van der Waals surface area contributed by atoms with E-state index in [9.17, 15) is 22.0 Å².